The van der Waals surface area contributed by atoms with Crippen molar-refractivity contribution in [3.8, 4) is 17.2 Å². The van der Waals surface area contributed by atoms with E-state index < -0.39 is 5.60 Å². The highest BCUT2D eigenvalue weighted by molar-refractivity contribution is 5.76. The highest BCUT2D eigenvalue weighted by Crippen LogP contribution is 2.29. The minimum absolute atomic E-state index is 0.156. The fourth-order valence-electron chi connectivity index (χ4n) is 4.97. The summed E-state index contributed by atoms with van der Waals surface area (Å²) >= 11 is 0. The molecule has 0 spiro atoms. The predicted octanol–water partition coefficient (Wildman–Crippen LogP) is 3.82. The zero-order valence-corrected chi connectivity index (χ0v) is 22.8. The Morgan fingerprint density at radius 2 is 1.87 bits per heavy atom. The summed E-state index contributed by atoms with van der Waals surface area (Å²) in [5.41, 5.74) is 1.11. The van der Waals surface area contributed by atoms with Gasteiger partial charge in [0.15, 0.2) is 11.5 Å². The summed E-state index contributed by atoms with van der Waals surface area (Å²) in [5.74, 6) is 2.36. The summed E-state index contributed by atoms with van der Waals surface area (Å²) in [6.45, 7) is 6.82. The van der Waals surface area contributed by atoms with E-state index in [9.17, 15) is 9.90 Å². The highest BCUT2D eigenvalue weighted by atomic mass is 16.5. The van der Waals surface area contributed by atoms with Crippen molar-refractivity contribution >= 4 is 5.91 Å². The maximum Gasteiger partial charge on any atom is 0.222 e. The Morgan fingerprint density at radius 3 is 2.68 bits per heavy atom. The smallest absolute Gasteiger partial charge is 0.222 e. The molecule has 2 aromatic carbocycles. The maximum absolute atomic E-state index is 12.2. The molecule has 2 saturated heterocycles. The Labute approximate surface area is 226 Å². The first-order valence-corrected chi connectivity index (χ1v) is 13.7. The van der Waals surface area contributed by atoms with E-state index in [4.69, 9.17) is 18.9 Å². The zero-order valence-electron chi connectivity index (χ0n) is 22.8. The number of carbonyl (C=O) groups is 1. The molecule has 1 N–H and O–H groups in total. The second-order valence-electron chi connectivity index (χ2n) is 10.5. The Hall–Kier alpha value is -2.81. The normalized spacial score (nSPS) is 21.0. The van der Waals surface area contributed by atoms with E-state index in [2.05, 4.69) is 4.90 Å². The number of rotatable bonds is 11. The van der Waals surface area contributed by atoms with Gasteiger partial charge in [0, 0.05) is 39.1 Å². The topological polar surface area (TPSA) is 80.7 Å². The summed E-state index contributed by atoms with van der Waals surface area (Å²) in [6, 6.07) is 13.8. The van der Waals surface area contributed by atoms with Gasteiger partial charge in [-0.1, -0.05) is 30.2 Å². The first kappa shape index (κ1) is 28.2. The van der Waals surface area contributed by atoms with E-state index in [0.717, 1.165) is 55.6 Å². The van der Waals surface area contributed by atoms with Crippen LogP contribution in [-0.4, -0.2) is 86.1 Å². The number of ether oxygens (including phenoxy) is 4. The molecule has 4 rings (SSSR count). The number of benzene rings is 2. The van der Waals surface area contributed by atoms with Gasteiger partial charge in [0.25, 0.3) is 0 Å². The van der Waals surface area contributed by atoms with Crippen LogP contribution in [0.2, 0.25) is 0 Å². The van der Waals surface area contributed by atoms with Gasteiger partial charge in [-0.05, 0) is 56.0 Å². The van der Waals surface area contributed by atoms with Crippen LogP contribution in [0.15, 0.2) is 42.5 Å². The largest absolute Gasteiger partial charge is 0.493 e. The first-order chi connectivity index (χ1) is 18.4. The van der Waals surface area contributed by atoms with Crippen molar-refractivity contribution in [2.45, 2.75) is 51.2 Å². The molecule has 0 aliphatic carbocycles. The van der Waals surface area contributed by atoms with Crippen LogP contribution in [0.3, 0.4) is 0 Å². The molecule has 0 saturated carbocycles. The van der Waals surface area contributed by atoms with Gasteiger partial charge in [-0.15, -0.1) is 0 Å². The lowest BCUT2D eigenvalue weighted by molar-refractivity contribution is -0.130. The molecule has 2 aliphatic heterocycles. The third-order valence-corrected chi connectivity index (χ3v) is 7.10. The third-order valence-electron chi connectivity index (χ3n) is 7.10. The van der Waals surface area contributed by atoms with Gasteiger partial charge in [0.2, 0.25) is 5.91 Å². The van der Waals surface area contributed by atoms with Crippen molar-refractivity contribution in [3.05, 3.63) is 53.6 Å². The number of hydrogen-bond donors (Lipinski definition) is 1. The molecule has 2 aromatic rings. The van der Waals surface area contributed by atoms with Crippen LogP contribution < -0.4 is 14.2 Å². The van der Waals surface area contributed by atoms with E-state index in [0.29, 0.717) is 50.8 Å². The van der Waals surface area contributed by atoms with Crippen molar-refractivity contribution in [1.82, 2.24) is 9.80 Å². The zero-order chi connectivity index (χ0) is 26.8. The van der Waals surface area contributed by atoms with E-state index in [1.54, 1.807) is 7.11 Å². The maximum atomic E-state index is 12.2. The molecule has 1 amide bonds. The number of methoxy groups -OCH3 is 1. The number of carbonyl (C=O) groups excluding carboxylic acids is 1. The molecule has 8 heteroatoms. The van der Waals surface area contributed by atoms with Gasteiger partial charge in [0.05, 0.1) is 26.9 Å². The lowest BCUT2D eigenvalue weighted by atomic mass is 10.1. The lowest BCUT2D eigenvalue weighted by Crippen LogP contribution is -2.48. The van der Waals surface area contributed by atoms with E-state index in [1.165, 1.54) is 0 Å². The van der Waals surface area contributed by atoms with Crippen LogP contribution >= 0.6 is 0 Å². The van der Waals surface area contributed by atoms with Crippen molar-refractivity contribution in [3.63, 3.8) is 0 Å². The second kappa shape index (κ2) is 13.8. The molecule has 1 atom stereocenters. The molecule has 38 heavy (non-hydrogen) atoms. The quantitative estimate of drug-likeness (QED) is 0.446. The van der Waals surface area contributed by atoms with Crippen molar-refractivity contribution < 1.29 is 28.8 Å². The number of β-amino-alcohol motifs (C(OH)–C–C–N with tert-alkyl or cyclic N) is 1. The van der Waals surface area contributed by atoms with Crippen LogP contribution in [0.25, 0.3) is 0 Å². The lowest BCUT2D eigenvalue weighted by Gasteiger charge is -2.30. The average Bonchev–Trinajstić information content (AvgIpc) is 3.23. The summed E-state index contributed by atoms with van der Waals surface area (Å²) in [7, 11) is 1.64. The van der Waals surface area contributed by atoms with Gasteiger partial charge in [-0.3, -0.25) is 9.69 Å². The molecule has 2 heterocycles. The fraction of sp³-hybridized carbons (Fsp3) is 0.567. The summed E-state index contributed by atoms with van der Waals surface area (Å²) in [4.78, 5) is 16.4. The van der Waals surface area contributed by atoms with Crippen LogP contribution in [0.1, 0.15) is 43.2 Å². The minimum Gasteiger partial charge on any atom is -0.493 e. The summed E-state index contributed by atoms with van der Waals surface area (Å²) in [5, 5.41) is 11.3. The third kappa shape index (κ3) is 8.35. The molecule has 0 radical (unpaired) electrons. The molecule has 208 valence electrons. The fourth-order valence-corrected chi connectivity index (χ4v) is 4.97. The van der Waals surface area contributed by atoms with Gasteiger partial charge in [-0.25, -0.2) is 0 Å². The summed E-state index contributed by atoms with van der Waals surface area (Å²) in [6.07, 6.45) is 4.64. The van der Waals surface area contributed by atoms with Crippen molar-refractivity contribution in [2.75, 3.05) is 59.7 Å². The molecule has 1 unspecified atom stereocenters. The van der Waals surface area contributed by atoms with Gasteiger partial charge in [-0.2, -0.15) is 0 Å². The average molecular weight is 527 g/mol. The van der Waals surface area contributed by atoms with E-state index >= 15 is 0 Å². The number of nitrogens with zero attached hydrogens (tertiary/aromatic N) is 2. The molecule has 0 bridgehead atoms. The van der Waals surface area contributed by atoms with Gasteiger partial charge < -0.3 is 29.0 Å². The summed E-state index contributed by atoms with van der Waals surface area (Å²) < 4.78 is 23.3. The minimum atomic E-state index is -1.11. The van der Waals surface area contributed by atoms with Crippen molar-refractivity contribution in [1.29, 1.82) is 0 Å². The van der Waals surface area contributed by atoms with E-state index in [-0.39, 0.29) is 19.1 Å². The first-order valence-electron chi connectivity index (χ1n) is 13.7. The van der Waals surface area contributed by atoms with E-state index in [1.807, 2.05) is 54.3 Å². The molecular formula is C30H42N2O6. The number of amides is 1. The Bertz CT molecular complexity index is 1030. The Kier molecular flexibility index (Phi) is 10.3. The van der Waals surface area contributed by atoms with Gasteiger partial charge >= 0.3 is 0 Å². The molecule has 8 nitrogen and oxygen atoms in total. The van der Waals surface area contributed by atoms with Crippen LogP contribution in [0.5, 0.6) is 17.2 Å². The van der Waals surface area contributed by atoms with Crippen LogP contribution in [-0.2, 0) is 16.1 Å². The second-order valence-corrected chi connectivity index (χ2v) is 10.5. The SMILES string of the molecule is COc1ccc(CN2CCOCC(O)(COc3ccc(C)cc3)C2)cc1OCCCN1CCCCCC1=O. The standard InChI is InChI=1S/C30H42N2O6/c1-24-8-11-26(12-9-24)38-23-30(34)21-31(16-18-36-22-30)20-25-10-13-27(35-2)28(19-25)37-17-6-15-32-14-5-3-4-7-29(32)33/h8-13,19,34H,3-7,14-18,20-23H2,1-2H3. The van der Waals surface area contributed by atoms with Gasteiger partial charge in [0.1, 0.15) is 18.0 Å². The number of likely N-dealkylation sites (tertiary alicyclic amines) is 1. The predicted molar refractivity (Wildman–Crippen MR) is 146 cm³/mol. The Balaban J connectivity index is 1.32. The molecule has 0 aromatic heterocycles. The van der Waals surface area contributed by atoms with Crippen LogP contribution in [0, 0.1) is 6.92 Å². The number of hydrogen-bond acceptors (Lipinski definition) is 7. The Morgan fingerprint density at radius 1 is 1.03 bits per heavy atom. The monoisotopic (exact) mass is 526 g/mol. The molecule has 2 aliphatic rings. The highest BCUT2D eigenvalue weighted by Gasteiger charge is 2.33. The number of aliphatic hydroxyl groups is 1. The molecule has 2 fully saturated rings. The van der Waals surface area contributed by atoms with Crippen LogP contribution in [0.4, 0.5) is 0 Å². The molecular weight excluding hydrogens is 484 g/mol. The number of aryl methyl sites for hydroxylation is 1. The van der Waals surface area contributed by atoms with Crippen molar-refractivity contribution in [2.24, 2.45) is 0 Å².